The van der Waals surface area contributed by atoms with E-state index < -0.39 is 60.2 Å². The molecule has 4 N–H and O–H groups in total. The Kier molecular flexibility index (Phi) is 9.26. The van der Waals surface area contributed by atoms with Crippen molar-refractivity contribution in [2.24, 2.45) is 28.7 Å². The molecule has 3 atom stereocenters. The van der Waals surface area contributed by atoms with Crippen LogP contribution < -0.4 is 11.5 Å². The van der Waals surface area contributed by atoms with E-state index >= 15 is 0 Å². The average Bonchev–Trinajstić information content (AvgIpc) is 2.82. The van der Waals surface area contributed by atoms with Crippen LogP contribution in [0.5, 0.6) is 0 Å². The Morgan fingerprint density at radius 2 is 1.73 bits per heavy atom. The summed E-state index contributed by atoms with van der Waals surface area (Å²) < 4.78 is 57.3. The highest BCUT2D eigenvalue weighted by Crippen LogP contribution is 2.38. The minimum absolute atomic E-state index is 0.197. The van der Waals surface area contributed by atoms with Gasteiger partial charge in [0.15, 0.2) is 0 Å². The molecular formula is C30H39F3N2O5. The lowest BCUT2D eigenvalue weighted by Gasteiger charge is -2.35. The van der Waals surface area contributed by atoms with Crippen molar-refractivity contribution in [3.05, 3.63) is 65.6 Å². The Bertz CT molecular complexity index is 1180. The zero-order valence-corrected chi connectivity index (χ0v) is 23.6. The number of hydrogen-bond acceptors (Lipinski definition) is 7. The van der Waals surface area contributed by atoms with Gasteiger partial charge in [0.1, 0.15) is 18.1 Å². The minimum atomic E-state index is -4.53. The van der Waals surface area contributed by atoms with Gasteiger partial charge < -0.3 is 25.7 Å². The van der Waals surface area contributed by atoms with E-state index in [0.29, 0.717) is 17.8 Å². The van der Waals surface area contributed by atoms with Gasteiger partial charge in [0.2, 0.25) is 0 Å². The smallest absolute Gasteiger partial charge is 0.389 e. The minimum Gasteiger partial charge on any atom is -0.493 e. The summed E-state index contributed by atoms with van der Waals surface area (Å²) in [5.41, 5.74) is 10.1. The van der Waals surface area contributed by atoms with Gasteiger partial charge in [0, 0.05) is 28.5 Å². The van der Waals surface area contributed by atoms with Crippen LogP contribution in [0, 0.1) is 17.3 Å². The molecule has 0 bridgehead atoms. The molecule has 1 aliphatic carbocycles. The first-order valence-corrected chi connectivity index (χ1v) is 13.2. The maximum atomic E-state index is 13.5. The Labute approximate surface area is 233 Å². The number of esters is 2. The lowest BCUT2D eigenvalue weighted by atomic mass is 9.79. The summed E-state index contributed by atoms with van der Waals surface area (Å²) in [5.74, 6) is -1.60. The molecule has 220 valence electrons. The molecule has 40 heavy (non-hydrogen) atoms. The van der Waals surface area contributed by atoms with Crippen LogP contribution >= 0.6 is 0 Å². The second kappa shape index (κ2) is 11.8. The topological polar surface area (TPSA) is 114 Å². The Morgan fingerprint density at radius 1 is 1.07 bits per heavy atom. The maximum Gasteiger partial charge on any atom is 0.389 e. The summed E-state index contributed by atoms with van der Waals surface area (Å²) >= 11 is 0. The monoisotopic (exact) mass is 564 g/mol. The number of nitrogens with two attached hydrogens (primary N) is 2. The first-order valence-electron chi connectivity index (χ1n) is 13.2. The Hall–Kier alpha value is -3.11. The molecule has 0 fully saturated rings. The fourth-order valence-electron chi connectivity index (χ4n) is 4.69. The van der Waals surface area contributed by atoms with Crippen LogP contribution in [0.25, 0.3) is 5.57 Å². The van der Waals surface area contributed by atoms with Gasteiger partial charge in [0.05, 0.1) is 24.5 Å². The molecule has 2 aliphatic rings. The van der Waals surface area contributed by atoms with Crippen LogP contribution in [0.15, 0.2) is 60.1 Å². The van der Waals surface area contributed by atoms with Crippen molar-refractivity contribution in [2.75, 3.05) is 13.2 Å². The highest BCUT2D eigenvalue weighted by Gasteiger charge is 2.43. The molecule has 0 saturated heterocycles. The van der Waals surface area contributed by atoms with E-state index in [-0.39, 0.29) is 18.1 Å². The van der Waals surface area contributed by atoms with Crippen LogP contribution in [0.1, 0.15) is 59.4 Å². The summed E-state index contributed by atoms with van der Waals surface area (Å²) in [6.45, 7) is 7.19. The Balaban J connectivity index is 1.70. The van der Waals surface area contributed by atoms with Gasteiger partial charge in [-0.05, 0) is 52.2 Å². The van der Waals surface area contributed by atoms with Gasteiger partial charge in [-0.15, -0.1) is 0 Å². The van der Waals surface area contributed by atoms with E-state index in [1.807, 2.05) is 36.4 Å². The van der Waals surface area contributed by atoms with Gasteiger partial charge in [-0.1, -0.05) is 43.3 Å². The number of fused-ring (bicyclic) bond motifs is 1. The molecular weight excluding hydrogens is 525 g/mol. The van der Waals surface area contributed by atoms with Crippen molar-refractivity contribution in [3.8, 4) is 0 Å². The molecule has 3 unspecified atom stereocenters. The molecule has 0 saturated carbocycles. The SMILES string of the molecule is CC(C)(N)CC(C(=O)OCC(C)(COC1=CCC2C=C(c3ccccc3)C(=O)OC2=C1)CC(F)(F)F)C(C)(C)N. The summed E-state index contributed by atoms with van der Waals surface area (Å²) in [6, 6.07) is 9.13. The number of alkyl halides is 3. The van der Waals surface area contributed by atoms with Crippen LogP contribution in [0.3, 0.4) is 0 Å². The summed E-state index contributed by atoms with van der Waals surface area (Å²) in [6.07, 6.45) is -0.0509. The number of carbonyl (C=O) groups excluding carboxylic acids is 2. The standard InChI is InChI=1S/C30H39F3N2O5/c1-27(2,34)15-23(28(3,4)35)26(37)39-18-29(5,16-30(31,32)33)17-38-21-12-11-20-13-22(19-9-7-6-8-10-19)25(36)40-24(20)14-21/h6-10,12-14,20,23H,11,15-18,34-35H2,1-5H3. The third kappa shape index (κ3) is 8.96. The molecule has 0 amide bonds. The van der Waals surface area contributed by atoms with Gasteiger partial charge in [-0.3, -0.25) is 4.79 Å². The largest absolute Gasteiger partial charge is 0.493 e. The van der Waals surface area contributed by atoms with E-state index in [1.165, 1.54) is 13.0 Å². The van der Waals surface area contributed by atoms with Gasteiger partial charge in [-0.2, -0.15) is 13.2 Å². The molecule has 1 heterocycles. The first kappa shape index (κ1) is 31.4. The highest BCUT2D eigenvalue weighted by molar-refractivity contribution is 6.17. The average molecular weight is 565 g/mol. The number of benzene rings is 1. The van der Waals surface area contributed by atoms with E-state index in [2.05, 4.69) is 0 Å². The highest BCUT2D eigenvalue weighted by atomic mass is 19.4. The van der Waals surface area contributed by atoms with Crippen LogP contribution in [0.4, 0.5) is 13.2 Å². The molecule has 1 aliphatic heterocycles. The fraction of sp³-hybridized carbons (Fsp3) is 0.533. The zero-order chi connectivity index (χ0) is 29.9. The summed E-state index contributed by atoms with van der Waals surface area (Å²) in [7, 11) is 0. The first-order chi connectivity index (χ1) is 18.4. The van der Waals surface area contributed by atoms with Crippen molar-refractivity contribution in [1.82, 2.24) is 0 Å². The van der Waals surface area contributed by atoms with Gasteiger partial charge in [-0.25, -0.2) is 4.79 Å². The molecule has 0 aromatic heterocycles. The number of rotatable bonds is 11. The summed E-state index contributed by atoms with van der Waals surface area (Å²) in [5, 5.41) is 0. The van der Waals surface area contributed by atoms with E-state index in [0.717, 1.165) is 5.56 Å². The number of allylic oxidation sites excluding steroid dienone is 3. The van der Waals surface area contributed by atoms with Gasteiger partial charge in [0.25, 0.3) is 0 Å². The quantitative estimate of drug-likeness (QED) is 0.345. The third-order valence-corrected chi connectivity index (χ3v) is 6.80. The molecule has 7 nitrogen and oxygen atoms in total. The van der Waals surface area contributed by atoms with Crippen molar-refractivity contribution >= 4 is 17.5 Å². The molecule has 0 spiro atoms. The number of halogens is 3. The van der Waals surface area contributed by atoms with Crippen LogP contribution in [-0.4, -0.2) is 42.4 Å². The lowest BCUT2D eigenvalue weighted by molar-refractivity contribution is -0.179. The van der Waals surface area contributed by atoms with Crippen LogP contribution in [-0.2, 0) is 23.8 Å². The van der Waals surface area contributed by atoms with E-state index in [1.54, 1.807) is 33.8 Å². The van der Waals surface area contributed by atoms with Crippen molar-refractivity contribution in [2.45, 2.75) is 71.1 Å². The predicted octanol–water partition coefficient (Wildman–Crippen LogP) is 5.41. The molecule has 3 rings (SSSR count). The van der Waals surface area contributed by atoms with Crippen molar-refractivity contribution < 1.29 is 37.0 Å². The molecule has 1 aromatic rings. The molecule has 0 radical (unpaired) electrons. The van der Waals surface area contributed by atoms with E-state index in [4.69, 9.17) is 25.7 Å². The lowest BCUT2D eigenvalue weighted by Crippen LogP contribution is -2.51. The Morgan fingerprint density at radius 3 is 2.30 bits per heavy atom. The zero-order valence-electron chi connectivity index (χ0n) is 23.6. The third-order valence-electron chi connectivity index (χ3n) is 6.80. The van der Waals surface area contributed by atoms with E-state index in [9.17, 15) is 22.8 Å². The summed E-state index contributed by atoms with van der Waals surface area (Å²) in [4.78, 5) is 25.6. The van der Waals surface area contributed by atoms with Crippen LogP contribution in [0.2, 0.25) is 0 Å². The van der Waals surface area contributed by atoms with Gasteiger partial charge >= 0.3 is 18.1 Å². The number of carbonyl (C=O) groups is 2. The molecule has 1 aromatic carbocycles. The van der Waals surface area contributed by atoms with Crippen molar-refractivity contribution in [3.63, 3.8) is 0 Å². The second-order valence-corrected chi connectivity index (χ2v) is 12.4. The van der Waals surface area contributed by atoms with Crippen molar-refractivity contribution in [1.29, 1.82) is 0 Å². The fourth-order valence-corrected chi connectivity index (χ4v) is 4.69. The second-order valence-electron chi connectivity index (χ2n) is 12.4. The number of ether oxygens (including phenoxy) is 3. The maximum absolute atomic E-state index is 13.5. The molecule has 10 heteroatoms. The number of hydrogen-bond donors (Lipinski definition) is 2. The predicted molar refractivity (Wildman–Crippen MR) is 145 cm³/mol. The normalized spacial score (nSPS) is 20.2.